The Labute approximate surface area is 143 Å². The number of nitrogens with zero attached hydrogens (tertiary/aromatic N) is 2. The summed E-state index contributed by atoms with van der Waals surface area (Å²) in [5.74, 6) is 0.529. The van der Waals surface area contributed by atoms with Gasteiger partial charge in [-0.15, -0.1) is 23.1 Å². The summed E-state index contributed by atoms with van der Waals surface area (Å²) in [5.41, 5.74) is 1.73. The lowest BCUT2D eigenvalue weighted by molar-refractivity contribution is -0.135. The molecule has 3 heterocycles. The van der Waals surface area contributed by atoms with Gasteiger partial charge in [0.15, 0.2) is 0 Å². The van der Waals surface area contributed by atoms with Gasteiger partial charge in [-0.05, 0) is 38.2 Å². The minimum atomic E-state index is -0.427. The molecule has 3 aliphatic rings. The predicted molar refractivity (Wildman–Crippen MR) is 90.4 cm³/mol. The van der Waals surface area contributed by atoms with Gasteiger partial charge < -0.3 is 10.2 Å². The van der Waals surface area contributed by atoms with E-state index in [0.29, 0.717) is 22.7 Å². The fraction of sp³-hybridized carbons (Fsp3) is 0.562. The number of hydrogen-bond donors (Lipinski definition) is 1. The lowest BCUT2D eigenvalue weighted by Crippen LogP contribution is -2.48. The highest BCUT2D eigenvalue weighted by atomic mass is 32.2. The highest BCUT2D eigenvalue weighted by molar-refractivity contribution is 8.01. The van der Waals surface area contributed by atoms with Crippen LogP contribution in [0.3, 0.4) is 0 Å². The molecule has 0 saturated carbocycles. The second-order valence-corrected chi connectivity index (χ2v) is 9.03. The second-order valence-electron chi connectivity index (χ2n) is 6.43. The highest BCUT2D eigenvalue weighted by Crippen LogP contribution is 2.47. The van der Waals surface area contributed by atoms with Gasteiger partial charge in [-0.3, -0.25) is 9.59 Å². The molecule has 2 amide bonds. The van der Waals surface area contributed by atoms with Gasteiger partial charge in [0.05, 0.1) is 10.4 Å². The molecular weight excluding hydrogens is 330 g/mol. The number of amides is 2. The molecule has 1 aliphatic carbocycles. The van der Waals surface area contributed by atoms with Crippen molar-refractivity contribution in [1.29, 1.82) is 5.26 Å². The SMILES string of the molecule is C[C@@]12CCC(=O)N1[C@@H](C(=O)Nc1sc3c(c1C#N)CCC3)CS2. The largest absolute Gasteiger partial charge is 0.315 e. The standard InChI is InChI=1S/C16H17N3O2S2/c1-16-6-5-13(20)19(16)11(8-22-16)14(21)18-15-10(7-17)9-3-2-4-12(9)23-15/h11H,2-6,8H2,1H3,(H,18,21)/t11-,16-/m1/s1. The number of anilines is 1. The van der Waals surface area contributed by atoms with Crippen LogP contribution >= 0.6 is 23.1 Å². The third-order valence-electron chi connectivity index (χ3n) is 5.02. The smallest absolute Gasteiger partial charge is 0.248 e. The van der Waals surface area contributed by atoms with Gasteiger partial charge in [0.2, 0.25) is 11.8 Å². The maximum atomic E-state index is 12.7. The first-order chi connectivity index (χ1) is 11.0. The monoisotopic (exact) mass is 347 g/mol. The van der Waals surface area contributed by atoms with Crippen molar-refractivity contribution < 1.29 is 9.59 Å². The Hall–Kier alpha value is -1.52. The van der Waals surface area contributed by atoms with Crippen LogP contribution in [0.2, 0.25) is 0 Å². The van der Waals surface area contributed by atoms with Gasteiger partial charge in [-0.25, -0.2) is 0 Å². The van der Waals surface area contributed by atoms with Crippen molar-refractivity contribution in [1.82, 2.24) is 4.90 Å². The van der Waals surface area contributed by atoms with Crippen LogP contribution in [0.15, 0.2) is 0 Å². The average Bonchev–Trinajstić information content (AvgIpc) is 3.21. The highest BCUT2D eigenvalue weighted by Gasteiger charge is 2.53. The van der Waals surface area contributed by atoms with Gasteiger partial charge in [0, 0.05) is 17.1 Å². The lowest BCUT2D eigenvalue weighted by atomic mass is 10.1. The number of fused-ring (bicyclic) bond motifs is 2. The van der Waals surface area contributed by atoms with Crippen LogP contribution in [-0.2, 0) is 22.4 Å². The number of rotatable bonds is 2. The molecule has 2 saturated heterocycles. The van der Waals surface area contributed by atoms with Crippen LogP contribution in [0, 0.1) is 11.3 Å². The summed E-state index contributed by atoms with van der Waals surface area (Å²) in [6.45, 7) is 2.04. The summed E-state index contributed by atoms with van der Waals surface area (Å²) in [6.07, 6.45) is 4.32. The van der Waals surface area contributed by atoms with Crippen molar-refractivity contribution in [3.8, 4) is 6.07 Å². The molecule has 120 valence electrons. The zero-order valence-electron chi connectivity index (χ0n) is 12.8. The fourth-order valence-electron chi connectivity index (χ4n) is 3.82. The summed E-state index contributed by atoms with van der Waals surface area (Å²) in [4.78, 5) is 27.6. The van der Waals surface area contributed by atoms with E-state index >= 15 is 0 Å². The maximum Gasteiger partial charge on any atom is 0.248 e. The van der Waals surface area contributed by atoms with Crippen molar-refractivity contribution in [3.05, 3.63) is 16.0 Å². The first kappa shape index (κ1) is 15.0. The molecule has 1 aromatic heterocycles. The third-order valence-corrected chi connectivity index (χ3v) is 7.73. The molecule has 2 fully saturated rings. The zero-order valence-corrected chi connectivity index (χ0v) is 14.5. The van der Waals surface area contributed by atoms with Gasteiger partial charge in [0.1, 0.15) is 17.1 Å². The van der Waals surface area contributed by atoms with E-state index in [1.165, 1.54) is 16.2 Å². The van der Waals surface area contributed by atoms with E-state index in [0.717, 1.165) is 31.2 Å². The van der Waals surface area contributed by atoms with Crippen LogP contribution in [0.4, 0.5) is 5.00 Å². The Morgan fingerprint density at radius 3 is 3.04 bits per heavy atom. The molecule has 1 N–H and O–H groups in total. The number of hydrogen-bond acceptors (Lipinski definition) is 5. The summed E-state index contributed by atoms with van der Waals surface area (Å²) in [5, 5.41) is 13.0. The van der Waals surface area contributed by atoms with Crippen LogP contribution in [0.1, 0.15) is 42.2 Å². The zero-order chi connectivity index (χ0) is 16.2. The molecule has 1 aromatic rings. The Balaban J connectivity index is 1.58. The molecule has 0 bridgehead atoms. The number of nitriles is 1. The molecule has 7 heteroatoms. The molecule has 2 atom stereocenters. The van der Waals surface area contributed by atoms with E-state index in [4.69, 9.17) is 0 Å². The molecule has 0 aromatic carbocycles. The van der Waals surface area contributed by atoms with Crippen molar-refractivity contribution in [3.63, 3.8) is 0 Å². The van der Waals surface area contributed by atoms with Crippen LogP contribution < -0.4 is 5.32 Å². The molecular formula is C16H17N3O2S2. The Kier molecular flexibility index (Phi) is 3.43. The van der Waals surface area contributed by atoms with E-state index in [1.54, 1.807) is 16.7 Å². The number of aryl methyl sites for hydroxylation is 1. The first-order valence-electron chi connectivity index (χ1n) is 7.85. The minimum absolute atomic E-state index is 0.0619. The fourth-order valence-corrected chi connectivity index (χ4v) is 6.50. The van der Waals surface area contributed by atoms with Crippen LogP contribution in [0.25, 0.3) is 0 Å². The Bertz CT molecular complexity index is 751. The predicted octanol–water partition coefficient (Wildman–Crippen LogP) is 2.50. The summed E-state index contributed by atoms with van der Waals surface area (Å²) < 4.78 is 0. The maximum absolute atomic E-state index is 12.7. The average molecular weight is 347 g/mol. The van der Waals surface area contributed by atoms with E-state index in [1.807, 2.05) is 6.92 Å². The topological polar surface area (TPSA) is 73.2 Å². The van der Waals surface area contributed by atoms with Gasteiger partial charge >= 0.3 is 0 Å². The van der Waals surface area contributed by atoms with Crippen LogP contribution in [-0.4, -0.2) is 33.4 Å². The van der Waals surface area contributed by atoms with Gasteiger partial charge in [0.25, 0.3) is 0 Å². The molecule has 5 nitrogen and oxygen atoms in total. The van der Waals surface area contributed by atoms with Crippen LogP contribution in [0.5, 0.6) is 0 Å². The lowest BCUT2D eigenvalue weighted by Gasteiger charge is -2.29. The third kappa shape index (κ3) is 2.19. The molecule has 2 aliphatic heterocycles. The minimum Gasteiger partial charge on any atom is -0.315 e. The van der Waals surface area contributed by atoms with Crippen molar-refractivity contribution in [2.24, 2.45) is 0 Å². The number of nitrogens with one attached hydrogen (secondary N) is 1. The molecule has 4 rings (SSSR count). The molecule has 23 heavy (non-hydrogen) atoms. The number of thioether (sulfide) groups is 1. The Morgan fingerprint density at radius 1 is 1.43 bits per heavy atom. The van der Waals surface area contributed by atoms with Gasteiger partial charge in [-0.1, -0.05) is 0 Å². The summed E-state index contributed by atoms with van der Waals surface area (Å²) in [6, 6.07) is 1.82. The quantitative estimate of drug-likeness (QED) is 0.892. The van der Waals surface area contributed by atoms with Crippen molar-refractivity contribution in [2.75, 3.05) is 11.1 Å². The summed E-state index contributed by atoms with van der Waals surface area (Å²) >= 11 is 3.20. The van der Waals surface area contributed by atoms with E-state index < -0.39 is 6.04 Å². The van der Waals surface area contributed by atoms with Crippen molar-refractivity contribution >= 4 is 39.9 Å². The van der Waals surface area contributed by atoms with E-state index in [2.05, 4.69) is 11.4 Å². The van der Waals surface area contributed by atoms with E-state index in [9.17, 15) is 14.9 Å². The van der Waals surface area contributed by atoms with Gasteiger partial charge in [-0.2, -0.15) is 5.26 Å². The molecule has 0 spiro atoms. The molecule has 0 unspecified atom stereocenters. The molecule has 0 radical (unpaired) electrons. The normalized spacial score (nSPS) is 28.6. The van der Waals surface area contributed by atoms with Crippen molar-refractivity contribution in [2.45, 2.75) is 49.9 Å². The first-order valence-corrected chi connectivity index (χ1v) is 9.65. The number of carbonyl (C=O) groups is 2. The number of thiophene rings is 1. The number of carbonyl (C=O) groups excluding carboxylic acids is 2. The summed E-state index contributed by atoms with van der Waals surface area (Å²) in [7, 11) is 0. The van der Waals surface area contributed by atoms with E-state index in [-0.39, 0.29) is 16.7 Å². The second kappa shape index (κ2) is 5.25. The Morgan fingerprint density at radius 2 is 2.26 bits per heavy atom.